The summed E-state index contributed by atoms with van der Waals surface area (Å²) >= 11 is 0. The minimum atomic E-state index is -0.569. The Kier molecular flexibility index (Phi) is 5.42. The minimum absolute atomic E-state index is 0.0933. The predicted octanol–water partition coefficient (Wildman–Crippen LogP) is 2.93. The van der Waals surface area contributed by atoms with E-state index in [-0.39, 0.29) is 23.6 Å². The van der Waals surface area contributed by atoms with Crippen LogP contribution < -0.4 is 10.7 Å². The van der Waals surface area contributed by atoms with E-state index < -0.39 is 5.91 Å². The van der Waals surface area contributed by atoms with E-state index in [0.717, 1.165) is 18.9 Å². The summed E-state index contributed by atoms with van der Waals surface area (Å²) in [5, 5.41) is 2.99. The highest BCUT2D eigenvalue weighted by molar-refractivity contribution is 5.95. The smallest absolute Gasteiger partial charge is 0.287 e. The van der Waals surface area contributed by atoms with Gasteiger partial charge in [0.05, 0.1) is 11.9 Å². The van der Waals surface area contributed by atoms with Crippen molar-refractivity contribution >= 4 is 22.8 Å². The molecule has 2 heterocycles. The molecule has 0 unspecified atom stereocenters. The fourth-order valence-electron chi connectivity index (χ4n) is 3.76. The van der Waals surface area contributed by atoms with Crippen LogP contribution in [0.15, 0.2) is 69.9 Å². The van der Waals surface area contributed by atoms with Gasteiger partial charge in [0.1, 0.15) is 5.58 Å². The Bertz CT molecular complexity index is 1080. The number of nitrogens with zero attached hydrogens (tertiary/aromatic N) is 1. The van der Waals surface area contributed by atoms with Gasteiger partial charge < -0.3 is 14.6 Å². The Morgan fingerprint density at radius 2 is 1.69 bits per heavy atom. The largest absolute Gasteiger partial charge is 0.451 e. The van der Waals surface area contributed by atoms with Crippen molar-refractivity contribution in [2.75, 3.05) is 19.6 Å². The molecular weight excluding hydrogens is 368 g/mol. The zero-order chi connectivity index (χ0) is 20.2. The van der Waals surface area contributed by atoms with Gasteiger partial charge in [-0.15, -0.1) is 0 Å². The summed E-state index contributed by atoms with van der Waals surface area (Å²) in [6.45, 7) is 1.21. The van der Waals surface area contributed by atoms with E-state index in [1.54, 1.807) is 29.2 Å². The Morgan fingerprint density at radius 1 is 1.00 bits per heavy atom. The molecule has 1 aromatic heterocycles. The molecule has 29 heavy (non-hydrogen) atoms. The lowest BCUT2D eigenvalue weighted by molar-refractivity contribution is -0.131. The van der Waals surface area contributed by atoms with Gasteiger partial charge in [0, 0.05) is 19.2 Å². The first-order chi connectivity index (χ1) is 14.1. The molecule has 1 aliphatic rings. The lowest BCUT2D eigenvalue weighted by Crippen LogP contribution is -2.43. The first-order valence-electron chi connectivity index (χ1n) is 9.75. The van der Waals surface area contributed by atoms with Crippen LogP contribution in [0.4, 0.5) is 0 Å². The molecule has 6 heteroatoms. The second-order valence-corrected chi connectivity index (χ2v) is 7.22. The van der Waals surface area contributed by atoms with Crippen molar-refractivity contribution in [2.45, 2.75) is 18.8 Å². The Hall–Kier alpha value is -3.41. The number of rotatable bonds is 4. The Balaban J connectivity index is 1.33. The highest BCUT2D eigenvalue weighted by Gasteiger charge is 2.24. The highest BCUT2D eigenvalue weighted by Crippen LogP contribution is 2.27. The van der Waals surface area contributed by atoms with E-state index in [1.807, 2.05) is 18.2 Å². The van der Waals surface area contributed by atoms with E-state index in [1.165, 1.54) is 5.56 Å². The summed E-state index contributed by atoms with van der Waals surface area (Å²) in [5.41, 5.74) is 1.37. The van der Waals surface area contributed by atoms with E-state index >= 15 is 0 Å². The van der Waals surface area contributed by atoms with Crippen LogP contribution in [-0.4, -0.2) is 36.3 Å². The number of hydrogen-bond acceptors (Lipinski definition) is 4. The molecule has 1 fully saturated rings. The van der Waals surface area contributed by atoms with Gasteiger partial charge in [0.25, 0.3) is 5.91 Å². The summed E-state index contributed by atoms with van der Waals surface area (Å²) in [7, 11) is 0. The third kappa shape index (κ3) is 4.21. The van der Waals surface area contributed by atoms with Crippen molar-refractivity contribution in [3.63, 3.8) is 0 Å². The van der Waals surface area contributed by atoms with E-state index in [2.05, 4.69) is 17.4 Å². The highest BCUT2D eigenvalue weighted by atomic mass is 16.3. The molecule has 148 valence electrons. The number of para-hydroxylation sites is 1. The molecule has 3 aromatic rings. The maximum atomic E-state index is 12.5. The van der Waals surface area contributed by atoms with Crippen molar-refractivity contribution in [3.05, 3.63) is 82.2 Å². The lowest BCUT2D eigenvalue weighted by atomic mass is 9.89. The van der Waals surface area contributed by atoms with Gasteiger partial charge in [-0.25, -0.2) is 0 Å². The minimum Gasteiger partial charge on any atom is -0.451 e. The van der Waals surface area contributed by atoms with Gasteiger partial charge in [-0.3, -0.25) is 14.4 Å². The van der Waals surface area contributed by atoms with Crippen molar-refractivity contribution in [1.82, 2.24) is 10.2 Å². The predicted molar refractivity (Wildman–Crippen MR) is 110 cm³/mol. The molecule has 1 N–H and O–H groups in total. The number of amides is 2. The van der Waals surface area contributed by atoms with Crippen molar-refractivity contribution in [3.8, 4) is 0 Å². The van der Waals surface area contributed by atoms with Crippen LogP contribution in [0.2, 0.25) is 0 Å². The van der Waals surface area contributed by atoms with E-state index in [9.17, 15) is 14.4 Å². The molecule has 0 radical (unpaired) electrons. The summed E-state index contributed by atoms with van der Waals surface area (Å²) in [5.74, 6) is -0.334. The Morgan fingerprint density at radius 3 is 2.45 bits per heavy atom. The molecule has 1 aliphatic heterocycles. The number of likely N-dealkylation sites (tertiary alicyclic amines) is 1. The standard InChI is InChI=1S/C23H22N2O4/c26-19-14-21(29-20-9-5-4-8-18(19)20)23(28)24-15-22(27)25-12-10-17(11-13-25)16-6-2-1-3-7-16/h1-9,14,17H,10-13,15H2,(H,24,28). The van der Waals surface area contributed by atoms with E-state index in [4.69, 9.17) is 4.42 Å². The van der Waals surface area contributed by atoms with Crippen molar-refractivity contribution in [2.24, 2.45) is 0 Å². The van der Waals surface area contributed by atoms with E-state index in [0.29, 0.717) is 30.0 Å². The first-order valence-corrected chi connectivity index (χ1v) is 9.75. The third-order valence-electron chi connectivity index (χ3n) is 5.38. The zero-order valence-electron chi connectivity index (χ0n) is 16.0. The number of hydrogen-bond donors (Lipinski definition) is 1. The van der Waals surface area contributed by atoms with Crippen LogP contribution in [-0.2, 0) is 4.79 Å². The topological polar surface area (TPSA) is 79.6 Å². The molecule has 4 rings (SSSR count). The van der Waals surface area contributed by atoms with Gasteiger partial charge >= 0.3 is 0 Å². The quantitative estimate of drug-likeness (QED) is 0.743. The number of nitrogens with one attached hydrogen (secondary N) is 1. The molecule has 2 amide bonds. The summed E-state index contributed by atoms with van der Waals surface area (Å²) < 4.78 is 5.51. The molecule has 2 aromatic carbocycles. The lowest BCUT2D eigenvalue weighted by Gasteiger charge is -2.32. The summed E-state index contributed by atoms with van der Waals surface area (Å²) in [4.78, 5) is 38.7. The van der Waals surface area contributed by atoms with Crippen LogP contribution in [0, 0.1) is 0 Å². The van der Waals surface area contributed by atoms with Crippen LogP contribution in [0.1, 0.15) is 34.9 Å². The molecule has 6 nitrogen and oxygen atoms in total. The molecule has 0 atom stereocenters. The van der Waals surface area contributed by atoms with Crippen LogP contribution in [0.5, 0.6) is 0 Å². The number of carbonyl (C=O) groups excluding carboxylic acids is 2. The summed E-state index contributed by atoms with van der Waals surface area (Å²) in [6, 6.07) is 18.2. The maximum absolute atomic E-state index is 12.5. The average molecular weight is 390 g/mol. The van der Waals surface area contributed by atoms with Crippen molar-refractivity contribution in [1.29, 1.82) is 0 Å². The first kappa shape index (κ1) is 18.9. The number of carbonyl (C=O) groups is 2. The Labute approximate surface area is 168 Å². The second kappa shape index (κ2) is 8.31. The second-order valence-electron chi connectivity index (χ2n) is 7.22. The van der Waals surface area contributed by atoms with Gasteiger partial charge in [0.2, 0.25) is 5.91 Å². The van der Waals surface area contributed by atoms with Gasteiger partial charge in [-0.1, -0.05) is 42.5 Å². The maximum Gasteiger partial charge on any atom is 0.287 e. The normalized spacial score (nSPS) is 14.7. The molecule has 0 bridgehead atoms. The fourth-order valence-corrected chi connectivity index (χ4v) is 3.76. The average Bonchev–Trinajstić information content (AvgIpc) is 2.78. The van der Waals surface area contributed by atoms with Gasteiger partial charge in [-0.05, 0) is 36.5 Å². The molecule has 1 saturated heterocycles. The van der Waals surface area contributed by atoms with Crippen molar-refractivity contribution < 1.29 is 14.0 Å². The molecule has 0 spiro atoms. The number of fused-ring (bicyclic) bond motifs is 1. The summed E-state index contributed by atoms with van der Waals surface area (Å²) in [6.07, 6.45) is 1.81. The number of piperidine rings is 1. The van der Waals surface area contributed by atoms with Gasteiger partial charge in [0.15, 0.2) is 11.2 Å². The van der Waals surface area contributed by atoms with Gasteiger partial charge in [-0.2, -0.15) is 0 Å². The molecule has 0 aliphatic carbocycles. The monoisotopic (exact) mass is 390 g/mol. The third-order valence-corrected chi connectivity index (χ3v) is 5.38. The SMILES string of the molecule is O=C(NCC(=O)N1CCC(c2ccccc2)CC1)c1cc(=O)c2ccccc2o1. The molecular formula is C23H22N2O4. The van der Waals surface area contributed by atoms with Crippen LogP contribution >= 0.6 is 0 Å². The van der Waals surface area contributed by atoms with Crippen LogP contribution in [0.3, 0.4) is 0 Å². The fraction of sp³-hybridized carbons (Fsp3) is 0.261. The number of benzene rings is 2. The van der Waals surface area contributed by atoms with Crippen LogP contribution in [0.25, 0.3) is 11.0 Å². The zero-order valence-corrected chi connectivity index (χ0v) is 16.0. The molecule has 0 saturated carbocycles.